The fourth-order valence-corrected chi connectivity index (χ4v) is 3.88. The number of hydrogen-bond donors (Lipinski definition) is 1. The maximum Gasteiger partial charge on any atom is 0.303 e. The summed E-state index contributed by atoms with van der Waals surface area (Å²) in [6.07, 6.45) is 3.96. The Hall–Kier alpha value is -2.06. The Morgan fingerprint density at radius 1 is 1.27 bits per heavy atom. The van der Waals surface area contributed by atoms with Crippen molar-refractivity contribution < 1.29 is 24.2 Å². The molecular formula is C18H21NO5S2. The van der Waals surface area contributed by atoms with Crippen LogP contribution < -0.4 is 9.47 Å². The molecule has 0 saturated carbocycles. The van der Waals surface area contributed by atoms with E-state index in [1.807, 2.05) is 12.1 Å². The van der Waals surface area contributed by atoms with Crippen molar-refractivity contribution in [2.24, 2.45) is 0 Å². The smallest absolute Gasteiger partial charge is 0.303 e. The summed E-state index contributed by atoms with van der Waals surface area (Å²) in [5.41, 5.74) is 0.744. The number of unbranched alkanes of at least 4 members (excludes halogenated alkanes) is 2. The number of carbonyl (C=O) groups excluding carboxylic acids is 1. The van der Waals surface area contributed by atoms with Gasteiger partial charge in [-0.25, -0.2) is 0 Å². The molecule has 1 aliphatic rings. The van der Waals surface area contributed by atoms with E-state index in [2.05, 4.69) is 0 Å². The molecule has 1 aromatic rings. The van der Waals surface area contributed by atoms with Gasteiger partial charge in [-0.1, -0.05) is 42.5 Å². The van der Waals surface area contributed by atoms with Gasteiger partial charge in [0.1, 0.15) is 4.32 Å². The molecule has 1 aromatic carbocycles. The molecule has 2 rings (SSSR count). The Labute approximate surface area is 162 Å². The van der Waals surface area contributed by atoms with Crippen LogP contribution in [0.15, 0.2) is 23.1 Å². The fourth-order valence-electron chi connectivity index (χ4n) is 2.58. The maximum absolute atomic E-state index is 12.6. The zero-order chi connectivity index (χ0) is 19.1. The van der Waals surface area contributed by atoms with Crippen molar-refractivity contribution in [2.75, 3.05) is 20.8 Å². The van der Waals surface area contributed by atoms with Gasteiger partial charge >= 0.3 is 5.97 Å². The fraction of sp³-hybridized carbons (Fsp3) is 0.389. The monoisotopic (exact) mass is 395 g/mol. The lowest BCUT2D eigenvalue weighted by Crippen LogP contribution is -2.29. The number of methoxy groups -OCH3 is 2. The van der Waals surface area contributed by atoms with E-state index in [9.17, 15) is 9.59 Å². The van der Waals surface area contributed by atoms with Crippen LogP contribution >= 0.6 is 24.0 Å². The van der Waals surface area contributed by atoms with Crippen molar-refractivity contribution in [3.8, 4) is 11.5 Å². The van der Waals surface area contributed by atoms with Crippen LogP contribution in [0.5, 0.6) is 11.5 Å². The van der Waals surface area contributed by atoms with E-state index in [1.54, 1.807) is 31.3 Å². The number of benzene rings is 1. The van der Waals surface area contributed by atoms with E-state index in [4.69, 9.17) is 26.8 Å². The summed E-state index contributed by atoms with van der Waals surface area (Å²) in [7, 11) is 3.11. The number of carbonyl (C=O) groups is 2. The molecule has 1 aliphatic heterocycles. The first-order valence-electron chi connectivity index (χ1n) is 8.16. The average Bonchev–Trinajstić information content (AvgIpc) is 2.88. The second-order valence-electron chi connectivity index (χ2n) is 5.62. The first kappa shape index (κ1) is 20.3. The van der Waals surface area contributed by atoms with Crippen LogP contribution in [-0.4, -0.2) is 47.0 Å². The molecule has 0 unspecified atom stereocenters. The molecule has 1 saturated heterocycles. The molecule has 26 heavy (non-hydrogen) atoms. The van der Waals surface area contributed by atoms with Crippen LogP contribution in [0.1, 0.15) is 31.2 Å². The minimum absolute atomic E-state index is 0.136. The van der Waals surface area contributed by atoms with E-state index >= 15 is 0 Å². The topological polar surface area (TPSA) is 76.1 Å². The second-order valence-corrected chi connectivity index (χ2v) is 7.30. The van der Waals surface area contributed by atoms with Gasteiger partial charge in [-0.3, -0.25) is 14.5 Å². The highest BCUT2D eigenvalue weighted by molar-refractivity contribution is 8.26. The molecule has 1 heterocycles. The lowest BCUT2D eigenvalue weighted by Gasteiger charge is -2.14. The van der Waals surface area contributed by atoms with Crippen molar-refractivity contribution in [3.63, 3.8) is 0 Å². The van der Waals surface area contributed by atoms with Crippen molar-refractivity contribution in [1.29, 1.82) is 0 Å². The number of nitrogens with zero attached hydrogens (tertiary/aromatic N) is 1. The van der Waals surface area contributed by atoms with Gasteiger partial charge in [0, 0.05) is 18.5 Å². The quantitative estimate of drug-likeness (QED) is 0.389. The highest BCUT2D eigenvalue weighted by Crippen LogP contribution is 2.37. The molecular weight excluding hydrogens is 374 g/mol. The Balaban J connectivity index is 2.06. The van der Waals surface area contributed by atoms with Gasteiger partial charge in [0.2, 0.25) is 0 Å². The molecule has 0 aliphatic carbocycles. The largest absolute Gasteiger partial charge is 0.493 e. The van der Waals surface area contributed by atoms with Crippen LogP contribution in [0.2, 0.25) is 0 Å². The standard InChI is InChI=1S/C18H21NO5S2/c1-23-13-8-6-7-12(16(13)24-2)11-14-17(22)19(18(25)26-14)10-5-3-4-9-15(20)21/h6-8,11H,3-5,9-10H2,1-2H3,(H,20,21)/b14-11+. The third-order valence-corrected chi connectivity index (χ3v) is 5.24. The molecule has 0 aromatic heterocycles. The predicted molar refractivity (Wildman–Crippen MR) is 106 cm³/mol. The molecule has 1 N–H and O–H groups in total. The second kappa shape index (κ2) is 9.59. The number of thioether (sulfide) groups is 1. The Bertz CT molecular complexity index is 732. The molecule has 8 heteroatoms. The lowest BCUT2D eigenvalue weighted by atomic mass is 10.1. The molecule has 140 valence electrons. The molecule has 0 radical (unpaired) electrons. The molecule has 0 spiro atoms. The van der Waals surface area contributed by atoms with Gasteiger partial charge in [-0.2, -0.15) is 0 Å². The number of carboxylic acid groups (broad SMARTS) is 1. The first-order valence-corrected chi connectivity index (χ1v) is 9.38. The predicted octanol–water partition coefficient (Wildman–Crippen LogP) is 3.55. The van der Waals surface area contributed by atoms with E-state index in [1.165, 1.54) is 11.8 Å². The lowest BCUT2D eigenvalue weighted by molar-refractivity contribution is -0.137. The highest BCUT2D eigenvalue weighted by Gasteiger charge is 2.31. The van der Waals surface area contributed by atoms with Crippen LogP contribution in [-0.2, 0) is 9.59 Å². The average molecular weight is 396 g/mol. The van der Waals surface area contributed by atoms with E-state index in [0.29, 0.717) is 33.7 Å². The maximum atomic E-state index is 12.6. The Morgan fingerprint density at radius 2 is 2.04 bits per heavy atom. The summed E-state index contributed by atoms with van der Waals surface area (Å²) < 4.78 is 11.2. The Morgan fingerprint density at radius 3 is 2.69 bits per heavy atom. The number of para-hydroxylation sites is 1. The number of thiocarbonyl (C=S) groups is 1. The van der Waals surface area contributed by atoms with E-state index in [0.717, 1.165) is 18.4 Å². The number of rotatable bonds is 9. The number of hydrogen-bond acceptors (Lipinski definition) is 6. The number of aliphatic carboxylic acids is 1. The van der Waals surface area contributed by atoms with Crippen molar-refractivity contribution >= 4 is 46.3 Å². The van der Waals surface area contributed by atoms with Gasteiger partial charge < -0.3 is 14.6 Å². The Kier molecular flexibility index (Phi) is 7.47. The normalized spacial score (nSPS) is 15.6. The summed E-state index contributed by atoms with van der Waals surface area (Å²) in [5.74, 6) is 0.220. The van der Waals surface area contributed by atoms with Crippen LogP contribution in [0.4, 0.5) is 0 Å². The first-order chi connectivity index (χ1) is 12.5. The van der Waals surface area contributed by atoms with Gasteiger partial charge in [0.05, 0.1) is 19.1 Å². The van der Waals surface area contributed by atoms with E-state index in [-0.39, 0.29) is 12.3 Å². The summed E-state index contributed by atoms with van der Waals surface area (Å²) in [4.78, 5) is 25.3. The van der Waals surface area contributed by atoms with Crippen molar-refractivity contribution in [2.45, 2.75) is 25.7 Å². The summed E-state index contributed by atoms with van der Waals surface area (Å²) >= 11 is 6.57. The van der Waals surface area contributed by atoms with Crippen LogP contribution in [0.25, 0.3) is 6.08 Å². The SMILES string of the molecule is COc1cccc(/C=C2/SC(=S)N(CCCCCC(=O)O)C2=O)c1OC. The third kappa shape index (κ3) is 4.98. The van der Waals surface area contributed by atoms with Gasteiger partial charge in [-0.05, 0) is 25.0 Å². The van der Waals surface area contributed by atoms with Gasteiger partial charge in [0.15, 0.2) is 11.5 Å². The number of carboxylic acids is 1. The zero-order valence-electron chi connectivity index (χ0n) is 14.7. The van der Waals surface area contributed by atoms with E-state index < -0.39 is 5.97 Å². The number of ether oxygens (including phenoxy) is 2. The van der Waals surface area contributed by atoms with Gasteiger partial charge in [0.25, 0.3) is 5.91 Å². The number of amides is 1. The summed E-state index contributed by atoms with van der Waals surface area (Å²) in [6, 6.07) is 5.47. The minimum Gasteiger partial charge on any atom is -0.493 e. The van der Waals surface area contributed by atoms with Crippen molar-refractivity contribution in [3.05, 3.63) is 28.7 Å². The molecule has 1 fully saturated rings. The molecule has 6 nitrogen and oxygen atoms in total. The minimum atomic E-state index is -0.800. The van der Waals surface area contributed by atoms with Gasteiger partial charge in [-0.15, -0.1) is 0 Å². The molecule has 0 atom stereocenters. The third-order valence-electron chi connectivity index (χ3n) is 3.87. The molecule has 1 amide bonds. The van der Waals surface area contributed by atoms with Crippen molar-refractivity contribution in [1.82, 2.24) is 4.90 Å². The van der Waals surface area contributed by atoms with Crippen LogP contribution in [0.3, 0.4) is 0 Å². The van der Waals surface area contributed by atoms with Crippen LogP contribution in [0, 0.1) is 0 Å². The molecule has 0 bridgehead atoms. The summed E-state index contributed by atoms with van der Waals surface area (Å²) in [5, 5.41) is 8.65. The highest BCUT2D eigenvalue weighted by atomic mass is 32.2. The zero-order valence-corrected chi connectivity index (χ0v) is 16.3. The summed E-state index contributed by atoms with van der Waals surface area (Å²) in [6.45, 7) is 0.497.